The van der Waals surface area contributed by atoms with Gasteiger partial charge in [-0.15, -0.1) is 11.6 Å². The van der Waals surface area contributed by atoms with Crippen molar-refractivity contribution < 1.29 is 22.6 Å². The minimum atomic E-state index is -4.23. The van der Waals surface area contributed by atoms with Gasteiger partial charge in [-0.1, -0.05) is 0 Å². The molecule has 0 heterocycles. The van der Waals surface area contributed by atoms with Gasteiger partial charge >= 0.3 is 6.18 Å². The van der Waals surface area contributed by atoms with Crippen LogP contribution in [0.4, 0.5) is 13.2 Å². The average molecular weight is 278 g/mol. The summed E-state index contributed by atoms with van der Waals surface area (Å²) in [6, 6.07) is 0. The van der Waals surface area contributed by atoms with Crippen molar-refractivity contribution in [3.63, 3.8) is 0 Å². The van der Waals surface area contributed by atoms with Crippen molar-refractivity contribution in [2.24, 2.45) is 0 Å². The third-order valence-corrected chi connectivity index (χ3v) is 1.93. The number of halogens is 4. The fourth-order valence-corrected chi connectivity index (χ4v) is 1.18. The zero-order valence-corrected chi connectivity index (χ0v) is 10.4. The van der Waals surface area contributed by atoms with E-state index in [1.807, 2.05) is 0 Å². The second-order valence-electron chi connectivity index (χ2n) is 3.43. The molecule has 0 bridgehead atoms. The SMILES string of the molecule is FC(F)(F)COCCCNCCCOCCCl. The first-order valence-corrected chi connectivity index (χ1v) is 6.08. The van der Waals surface area contributed by atoms with Gasteiger partial charge in [-0.3, -0.25) is 0 Å². The van der Waals surface area contributed by atoms with E-state index >= 15 is 0 Å². The Kier molecular flexibility index (Phi) is 11.0. The number of ether oxygens (including phenoxy) is 2. The Labute approximate surface area is 105 Å². The quantitative estimate of drug-likeness (QED) is 0.464. The van der Waals surface area contributed by atoms with E-state index in [1.165, 1.54) is 0 Å². The fraction of sp³-hybridized carbons (Fsp3) is 1.00. The summed E-state index contributed by atoms with van der Waals surface area (Å²) in [7, 11) is 0. The molecule has 0 radical (unpaired) electrons. The van der Waals surface area contributed by atoms with Crippen LogP contribution in [0.2, 0.25) is 0 Å². The Morgan fingerprint density at radius 3 is 2.06 bits per heavy atom. The Balaban J connectivity index is 2.99. The van der Waals surface area contributed by atoms with Crippen LogP contribution >= 0.6 is 11.6 Å². The summed E-state index contributed by atoms with van der Waals surface area (Å²) >= 11 is 5.41. The minimum absolute atomic E-state index is 0.120. The number of hydrogen-bond donors (Lipinski definition) is 1. The van der Waals surface area contributed by atoms with Gasteiger partial charge in [0, 0.05) is 19.1 Å². The molecule has 0 rings (SSSR count). The van der Waals surface area contributed by atoms with Crippen LogP contribution < -0.4 is 5.32 Å². The summed E-state index contributed by atoms with van der Waals surface area (Å²) in [6.07, 6.45) is -2.80. The van der Waals surface area contributed by atoms with E-state index in [0.29, 0.717) is 32.1 Å². The normalized spacial score (nSPS) is 12.0. The van der Waals surface area contributed by atoms with Gasteiger partial charge in [-0.25, -0.2) is 0 Å². The molecule has 0 aliphatic heterocycles. The topological polar surface area (TPSA) is 30.5 Å². The first-order valence-electron chi connectivity index (χ1n) is 5.55. The highest BCUT2D eigenvalue weighted by atomic mass is 35.5. The highest BCUT2D eigenvalue weighted by Gasteiger charge is 2.26. The Morgan fingerprint density at radius 2 is 1.53 bits per heavy atom. The highest BCUT2D eigenvalue weighted by Crippen LogP contribution is 2.14. The zero-order chi connectivity index (χ0) is 13.0. The monoisotopic (exact) mass is 277 g/mol. The zero-order valence-electron chi connectivity index (χ0n) is 9.69. The molecule has 0 fully saturated rings. The van der Waals surface area contributed by atoms with Crippen molar-refractivity contribution >= 4 is 11.6 Å². The Morgan fingerprint density at radius 1 is 0.941 bits per heavy atom. The summed E-state index contributed by atoms with van der Waals surface area (Å²) in [4.78, 5) is 0. The predicted octanol–water partition coefficient (Wildman–Crippen LogP) is 2.19. The minimum Gasteiger partial charge on any atom is -0.380 e. The van der Waals surface area contributed by atoms with E-state index in [-0.39, 0.29) is 6.61 Å². The number of hydrogen-bond acceptors (Lipinski definition) is 3. The fourth-order valence-electron chi connectivity index (χ4n) is 1.07. The summed E-state index contributed by atoms with van der Waals surface area (Å²) in [6.45, 7) is 1.57. The first-order chi connectivity index (χ1) is 8.06. The summed E-state index contributed by atoms with van der Waals surface area (Å²) in [5, 5.41) is 3.09. The van der Waals surface area contributed by atoms with Crippen molar-refractivity contribution in [3.05, 3.63) is 0 Å². The summed E-state index contributed by atoms with van der Waals surface area (Å²) in [5.74, 6) is 0.490. The van der Waals surface area contributed by atoms with Crippen molar-refractivity contribution in [1.82, 2.24) is 5.32 Å². The molecule has 7 heteroatoms. The van der Waals surface area contributed by atoms with Gasteiger partial charge in [0.2, 0.25) is 0 Å². The van der Waals surface area contributed by atoms with E-state index in [2.05, 4.69) is 10.1 Å². The van der Waals surface area contributed by atoms with Gasteiger partial charge in [0.1, 0.15) is 6.61 Å². The predicted molar refractivity (Wildman–Crippen MR) is 60.5 cm³/mol. The van der Waals surface area contributed by atoms with Crippen LogP contribution in [0, 0.1) is 0 Å². The van der Waals surface area contributed by atoms with Crippen LogP contribution in [0.1, 0.15) is 12.8 Å². The van der Waals surface area contributed by atoms with Crippen LogP contribution in [0.15, 0.2) is 0 Å². The molecule has 0 aliphatic carbocycles. The molecule has 0 unspecified atom stereocenters. The van der Waals surface area contributed by atoms with Crippen LogP contribution in [-0.2, 0) is 9.47 Å². The molecule has 0 aliphatic rings. The molecule has 0 spiro atoms. The van der Waals surface area contributed by atoms with E-state index in [0.717, 1.165) is 13.0 Å². The van der Waals surface area contributed by atoms with E-state index < -0.39 is 12.8 Å². The molecule has 0 aromatic rings. The largest absolute Gasteiger partial charge is 0.411 e. The third kappa shape index (κ3) is 16.0. The van der Waals surface area contributed by atoms with Crippen LogP contribution in [0.5, 0.6) is 0 Å². The van der Waals surface area contributed by atoms with Gasteiger partial charge < -0.3 is 14.8 Å². The molecule has 0 saturated carbocycles. The molecule has 0 saturated heterocycles. The van der Waals surface area contributed by atoms with Crippen molar-refractivity contribution in [3.8, 4) is 0 Å². The molecule has 1 N–H and O–H groups in total. The Bertz CT molecular complexity index is 170. The van der Waals surface area contributed by atoms with Gasteiger partial charge in [0.25, 0.3) is 0 Å². The summed E-state index contributed by atoms with van der Waals surface area (Å²) in [5.41, 5.74) is 0. The van der Waals surface area contributed by atoms with E-state index in [1.54, 1.807) is 0 Å². The second kappa shape index (κ2) is 11.1. The molecule has 0 atom stereocenters. The van der Waals surface area contributed by atoms with Crippen molar-refractivity contribution in [1.29, 1.82) is 0 Å². The maximum atomic E-state index is 11.7. The lowest BCUT2D eigenvalue weighted by atomic mass is 10.4. The second-order valence-corrected chi connectivity index (χ2v) is 3.80. The smallest absolute Gasteiger partial charge is 0.380 e. The standard InChI is InChI=1S/C10H19ClF3NO2/c11-3-8-16-6-1-4-15-5-2-7-17-9-10(12,13)14/h15H,1-9H2. The van der Waals surface area contributed by atoms with E-state index in [4.69, 9.17) is 16.3 Å². The maximum Gasteiger partial charge on any atom is 0.411 e. The third-order valence-electron chi connectivity index (χ3n) is 1.77. The molecule has 0 aromatic heterocycles. The maximum absolute atomic E-state index is 11.7. The lowest BCUT2D eigenvalue weighted by molar-refractivity contribution is -0.173. The molecule has 3 nitrogen and oxygen atoms in total. The Hall–Kier alpha value is -0.0400. The van der Waals surface area contributed by atoms with Gasteiger partial charge in [0.05, 0.1) is 6.61 Å². The van der Waals surface area contributed by atoms with Crippen molar-refractivity contribution in [2.45, 2.75) is 19.0 Å². The number of nitrogens with one attached hydrogen (secondary N) is 1. The van der Waals surface area contributed by atoms with Gasteiger partial charge in [0.15, 0.2) is 0 Å². The van der Waals surface area contributed by atoms with E-state index in [9.17, 15) is 13.2 Å². The molecular weight excluding hydrogens is 259 g/mol. The van der Waals surface area contributed by atoms with Gasteiger partial charge in [-0.2, -0.15) is 13.2 Å². The van der Waals surface area contributed by atoms with Crippen LogP contribution in [0.25, 0.3) is 0 Å². The van der Waals surface area contributed by atoms with Crippen LogP contribution in [0.3, 0.4) is 0 Å². The molecule has 0 amide bonds. The molecule has 104 valence electrons. The highest BCUT2D eigenvalue weighted by molar-refractivity contribution is 6.17. The average Bonchev–Trinajstić information content (AvgIpc) is 2.24. The van der Waals surface area contributed by atoms with Crippen LogP contribution in [-0.4, -0.2) is 51.6 Å². The lowest BCUT2D eigenvalue weighted by Gasteiger charge is -2.08. The van der Waals surface area contributed by atoms with Crippen molar-refractivity contribution in [2.75, 3.05) is 45.4 Å². The molecule has 0 aromatic carbocycles. The van der Waals surface area contributed by atoms with Gasteiger partial charge in [-0.05, 0) is 25.9 Å². The number of rotatable bonds is 11. The lowest BCUT2D eigenvalue weighted by Crippen LogP contribution is -2.21. The number of alkyl halides is 4. The summed E-state index contributed by atoms with van der Waals surface area (Å²) < 4.78 is 44.6. The first kappa shape index (κ1) is 17.0. The molecule has 17 heavy (non-hydrogen) atoms. The molecular formula is C10H19ClF3NO2.